The zero-order valence-corrected chi connectivity index (χ0v) is 17.5. The lowest BCUT2D eigenvalue weighted by atomic mass is 10.1. The molecule has 0 saturated heterocycles. The number of nitrogens with zero attached hydrogens (tertiary/aromatic N) is 1. The second-order valence-electron chi connectivity index (χ2n) is 6.69. The third-order valence-corrected chi connectivity index (χ3v) is 4.41. The third kappa shape index (κ3) is 5.70. The van der Waals surface area contributed by atoms with Gasteiger partial charge in [0.05, 0.1) is 14.2 Å². The first kappa shape index (κ1) is 21.6. The molecule has 1 aromatic heterocycles. The average Bonchev–Trinajstić information content (AvgIpc) is 2.78. The maximum atomic E-state index is 13.0. The summed E-state index contributed by atoms with van der Waals surface area (Å²) in [4.78, 5) is 29.9. The maximum Gasteiger partial charge on any atom is 0.272 e. The fourth-order valence-electron chi connectivity index (χ4n) is 2.88. The first-order chi connectivity index (χ1) is 15.0. The molecule has 3 aromatic rings. The van der Waals surface area contributed by atoms with Crippen molar-refractivity contribution in [1.29, 1.82) is 0 Å². The van der Waals surface area contributed by atoms with Gasteiger partial charge < -0.3 is 20.1 Å². The molecule has 0 aliphatic carbocycles. The van der Waals surface area contributed by atoms with Gasteiger partial charge in [-0.3, -0.25) is 14.6 Å². The zero-order valence-electron chi connectivity index (χ0n) is 17.5. The lowest BCUT2D eigenvalue weighted by Gasteiger charge is -2.13. The van der Waals surface area contributed by atoms with E-state index in [-0.39, 0.29) is 5.70 Å². The molecule has 2 amide bonds. The second kappa shape index (κ2) is 10.1. The summed E-state index contributed by atoms with van der Waals surface area (Å²) < 4.78 is 10.5. The molecule has 1 heterocycles. The van der Waals surface area contributed by atoms with Crippen molar-refractivity contribution in [1.82, 2.24) is 10.3 Å². The van der Waals surface area contributed by atoms with Crippen LogP contribution in [0.2, 0.25) is 0 Å². The fourth-order valence-corrected chi connectivity index (χ4v) is 2.88. The Morgan fingerprint density at radius 1 is 0.968 bits per heavy atom. The molecule has 7 nitrogen and oxygen atoms in total. The highest BCUT2D eigenvalue weighted by Gasteiger charge is 2.17. The molecule has 7 heteroatoms. The van der Waals surface area contributed by atoms with Crippen molar-refractivity contribution in [2.75, 3.05) is 19.5 Å². The number of hydrogen-bond donors (Lipinski definition) is 2. The minimum atomic E-state index is -0.463. The number of nitrogens with one attached hydrogen (secondary N) is 2. The molecule has 0 fully saturated rings. The summed E-state index contributed by atoms with van der Waals surface area (Å²) in [6.07, 6.45) is 4.80. The Bertz CT molecular complexity index is 1110. The van der Waals surface area contributed by atoms with Crippen LogP contribution in [0.3, 0.4) is 0 Å². The Morgan fingerprint density at radius 2 is 1.77 bits per heavy atom. The highest BCUT2D eigenvalue weighted by molar-refractivity contribution is 6.10. The van der Waals surface area contributed by atoms with E-state index in [2.05, 4.69) is 15.6 Å². The third-order valence-electron chi connectivity index (χ3n) is 4.41. The Labute approximate surface area is 180 Å². The summed E-state index contributed by atoms with van der Waals surface area (Å²) in [5, 5.41) is 5.50. The molecule has 0 bridgehead atoms. The van der Waals surface area contributed by atoms with Crippen molar-refractivity contribution in [2.24, 2.45) is 0 Å². The van der Waals surface area contributed by atoms with E-state index in [1.165, 1.54) is 14.2 Å². The van der Waals surface area contributed by atoms with Gasteiger partial charge in [0.15, 0.2) is 11.5 Å². The van der Waals surface area contributed by atoms with Gasteiger partial charge in [-0.2, -0.15) is 0 Å². The van der Waals surface area contributed by atoms with Crippen LogP contribution in [0, 0.1) is 6.92 Å². The van der Waals surface area contributed by atoms with Crippen LogP contribution in [0.1, 0.15) is 21.5 Å². The highest BCUT2D eigenvalue weighted by atomic mass is 16.5. The van der Waals surface area contributed by atoms with E-state index in [1.807, 2.05) is 25.1 Å². The van der Waals surface area contributed by atoms with Crippen molar-refractivity contribution >= 4 is 23.6 Å². The average molecular weight is 417 g/mol. The number of anilines is 1. The molecule has 31 heavy (non-hydrogen) atoms. The monoisotopic (exact) mass is 417 g/mol. The molecule has 2 aromatic carbocycles. The molecule has 2 N–H and O–H groups in total. The number of aromatic nitrogens is 1. The highest BCUT2D eigenvalue weighted by Crippen LogP contribution is 2.27. The van der Waals surface area contributed by atoms with Crippen LogP contribution in [-0.4, -0.2) is 31.0 Å². The SMILES string of the molecule is COc1ccc(C(=O)N/C(=C/c2cccnc2)C(=O)Nc2cccc(C)c2)cc1OC. The topological polar surface area (TPSA) is 89.5 Å². The lowest BCUT2D eigenvalue weighted by molar-refractivity contribution is -0.113. The molecule has 0 unspecified atom stereocenters. The van der Waals surface area contributed by atoms with Crippen LogP contribution in [0.25, 0.3) is 6.08 Å². The Balaban J connectivity index is 1.88. The number of amides is 2. The van der Waals surface area contributed by atoms with E-state index in [0.717, 1.165) is 5.56 Å². The predicted molar refractivity (Wildman–Crippen MR) is 119 cm³/mol. The summed E-state index contributed by atoms with van der Waals surface area (Å²) in [6.45, 7) is 1.93. The summed E-state index contributed by atoms with van der Waals surface area (Å²) in [5.74, 6) is -0.00159. The van der Waals surface area contributed by atoms with E-state index in [1.54, 1.807) is 54.9 Å². The van der Waals surface area contributed by atoms with Gasteiger partial charge in [0.2, 0.25) is 0 Å². The first-order valence-corrected chi connectivity index (χ1v) is 9.53. The largest absolute Gasteiger partial charge is 0.493 e. The van der Waals surface area contributed by atoms with Gasteiger partial charge in [0.1, 0.15) is 5.70 Å². The van der Waals surface area contributed by atoms with E-state index in [0.29, 0.717) is 28.3 Å². The second-order valence-corrected chi connectivity index (χ2v) is 6.69. The first-order valence-electron chi connectivity index (χ1n) is 9.53. The number of rotatable bonds is 7. The quantitative estimate of drug-likeness (QED) is 0.571. The summed E-state index contributed by atoms with van der Waals surface area (Å²) in [5.41, 5.74) is 2.70. The number of pyridine rings is 1. The predicted octanol–water partition coefficient (Wildman–Crippen LogP) is 3.82. The van der Waals surface area contributed by atoms with Crippen molar-refractivity contribution in [3.8, 4) is 11.5 Å². The van der Waals surface area contributed by atoms with Gasteiger partial charge >= 0.3 is 0 Å². The summed E-state index contributed by atoms with van der Waals surface area (Å²) >= 11 is 0. The number of benzene rings is 2. The molecule has 0 radical (unpaired) electrons. The molecular weight excluding hydrogens is 394 g/mol. The summed E-state index contributed by atoms with van der Waals surface area (Å²) in [7, 11) is 3.00. The minimum absolute atomic E-state index is 0.0780. The molecule has 0 aliphatic heterocycles. The van der Waals surface area contributed by atoms with Gasteiger partial charge in [0.25, 0.3) is 11.8 Å². The normalized spacial score (nSPS) is 10.9. The maximum absolute atomic E-state index is 13.0. The van der Waals surface area contributed by atoms with Crippen LogP contribution in [0.5, 0.6) is 11.5 Å². The number of carbonyl (C=O) groups is 2. The molecule has 0 aliphatic rings. The summed E-state index contributed by atoms with van der Waals surface area (Å²) in [6, 6.07) is 15.7. The van der Waals surface area contributed by atoms with Crippen LogP contribution < -0.4 is 20.1 Å². The van der Waals surface area contributed by atoms with Crippen LogP contribution >= 0.6 is 0 Å². The standard InChI is InChI=1S/C24H23N3O4/c1-16-6-4-8-19(12-16)26-24(29)20(13-17-7-5-11-25-15-17)27-23(28)18-9-10-21(30-2)22(14-18)31-3/h4-15H,1-3H3,(H,26,29)(H,27,28)/b20-13+. The number of ether oxygens (including phenoxy) is 2. The number of aryl methyl sites for hydroxylation is 1. The van der Waals surface area contributed by atoms with Gasteiger partial charge in [-0.15, -0.1) is 0 Å². The van der Waals surface area contributed by atoms with Gasteiger partial charge in [-0.25, -0.2) is 0 Å². The molecule has 158 valence electrons. The fraction of sp³-hybridized carbons (Fsp3) is 0.125. The van der Waals surface area contributed by atoms with Gasteiger partial charge in [-0.1, -0.05) is 18.2 Å². The van der Waals surface area contributed by atoms with Gasteiger partial charge in [-0.05, 0) is 60.5 Å². The zero-order chi connectivity index (χ0) is 22.2. The van der Waals surface area contributed by atoms with Gasteiger partial charge in [0, 0.05) is 23.6 Å². The van der Waals surface area contributed by atoms with E-state index in [4.69, 9.17) is 9.47 Å². The van der Waals surface area contributed by atoms with Crippen molar-refractivity contribution in [3.63, 3.8) is 0 Å². The number of carbonyl (C=O) groups excluding carboxylic acids is 2. The van der Waals surface area contributed by atoms with Crippen molar-refractivity contribution in [2.45, 2.75) is 6.92 Å². The van der Waals surface area contributed by atoms with Crippen molar-refractivity contribution in [3.05, 3.63) is 89.4 Å². The van der Waals surface area contributed by atoms with Crippen molar-refractivity contribution < 1.29 is 19.1 Å². The smallest absolute Gasteiger partial charge is 0.272 e. The van der Waals surface area contributed by atoms with Crippen LogP contribution in [-0.2, 0) is 4.79 Å². The van der Waals surface area contributed by atoms with Crippen LogP contribution in [0.4, 0.5) is 5.69 Å². The number of methoxy groups -OCH3 is 2. The number of hydrogen-bond acceptors (Lipinski definition) is 5. The van der Waals surface area contributed by atoms with E-state index >= 15 is 0 Å². The molecular formula is C24H23N3O4. The minimum Gasteiger partial charge on any atom is -0.493 e. The lowest BCUT2D eigenvalue weighted by Crippen LogP contribution is -2.30. The molecule has 0 saturated carbocycles. The molecule has 0 spiro atoms. The Morgan fingerprint density at radius 3 is 2.45 bits per heavy atom. The molecule has 0 atom stereocenters. The van der Waals surface area contributed by atoms with Crippen LogP contribution in [0.15, 0.2) is 72.7 Å². The Kier molecular flexibility index (Phi) is 7.01. The van der Waals surface area contributed by atoms with E-state index in [9.17, 15) is 9.59 Å². The van der Waals surface area contributed by atoms with E-state index < -0.39 is 11.8 Å². The Hall–Kier alpha value is -4.13. The molecule has 3 rings (SSSR count).